The molecule has 1 fully saturated rings. The molecule has 1 atom stereocenters. The van der Waals surface area contributed by atoms with Gasteiger partial charge < -0.3 is 20.5 Å². The van der Waals surface area contributed by atoms with E-state index in [1.54, 1.807) is 18.2 Å². The fourth-order valence-electron chi connectivity index (χ4n) is 1.69. The molecule has 1 aliphatic heterocycles. The third kappa shape index (κ3) is 3.18. The van der Waals surface area contributed by atoms with Gasteiger partial charge in [-0.05, 0) is 6.07 Å². The van der Waals surface area contributed by atoms with Crippen molar-refractivity contribution in [1.82, 2.24) is 10.6 Å². The number of hydrogen-bond donors (Lipinski definition) is 3. The van der Waals surface area contributed by atoms with E-state index in [0.29, 0.717) is 25.3 Å². The van der Waals surface area contributed by atoms with Gasteiger partial charge in [0.1, 0.15) is 11.9 Å². The van der Waals surface area contributed by atoms with E-state index in [9.17, 15) is 9.90 Å². The Kier molecular flexibility index (Phi) is 3.95. The lowest BCUT2D eigenvalue weighted by Gasteiger charge is -2.22. The van der Waals surface area contributed by atoms with Gasteiger partial charge in [0.05, 0.1) is 6.61 Å². The Morgan fingerprint density at radius 1 is 1.53 bits per heavy atom. The van der Waals surface area contributed by atoms with Crippen molar-refractivity contribution < 1.29 is 14.6 Å². The van der Waals surface area contributed by atoms with Crippen LogP contribution in [0.5, 0.6) is 5.75 Å². The van der Waals surface area contributed by atoms with E-state index in [1.807, 2.05) is 6.07 Å². The Morgan fingerprint density at radius 3 is 3.06 bits per heavy atom. The number of nitrogens with one attached hydrogen (secondary N) is 2. The maximum atomic E-state index is 11.7. The molecular weight excluding hydrogens is 220 g/mol. The van der Waals surface area contributed by atoms with Crippen molar-refractivity contribution in [1.29, 1.82) is 0 Å². The van der Waals surface area contributed by atoms with Gasteiger partial charge in [0.15, 0.2) is 0 Å². The Labute approximate surface area is 99.8 Å². The molecule has 1 aromatic rings. The average molecular weight is 236 g/mol. The minimum absolute atomic E-state index is 0.152. The molecule has 0 saturated carbocycles. The topological polar surface area (TPSA) is 70.6 Å². The predicted molar refractivity (Wildman–Crippen MR) is 62.6 cm³/mol. The maximum Gasteiger partial charge on any atom is 0.250 e. The number of morpholine rings is 1. The lowest BCUT2D eigenvalue weighted by atomic mass is 10.2. The summed E-state index contributed by atoms with van der Waals surface area (Å²) in [5.41, 5.74) is 0.699. The number of benzene rings is 1. The zero-order valence-electron chi connectivity index (χ0n) is 9.48. The number of hydrogen-bond acceptors (Lipinski definition) is 4. The van der Waals surface area contributed by atoms with E-state index in [4.69, 9.17) is 4.74 Å². The molecule has 1 unspecified atom stereocenters. The summed E-state index contributed by atoms with van der Waals surface area (Å²) in [5.74, 6) is 0.0379. The SMILES string of the molecule is O=C(NCc1ccccc1O)C1CNCCO1. The van der Waals surface area contributed by atoms with Gasteiger partial charge in [-0.25, -0.2) is 0 Å². The Bertz CT molecular complexity index is 389. The monoisotopic (exact) mass is 236 g/mol. The van der Waals surface area contributed by atoms with E-state index in [2.05, 4.69) is 10.6 Å². The first kappa shape index (κ1) is 11.9. The van der Waals surface area contributed by atoms with Gasteiger partial charge in [-0.2, -0.15) is 0 Å². The van der Waals surface area contributed by atoms with Crippen LogP contribution < -0.4 is 10.6 Å². The van der Waals surface area contributed by atoms with Gasteiger partial charge in [-0.15, -0.1) is 0 Å². The van der Waals surface area contributed by atoms with Crippen molar-refractivity contribution in [3.8, 4) is 5.75 Å². The second kappa shape index (κ2) is 5.65. The minimum atomic E-state index is -0.436. The zero-order valence-corrected chi connectivity index (χ0v) is 9.48. The molecule has 0 radical (unpaired) electrons. The van der Waals surface area contributed by atoms with Crippen LogP contribution in [0.1, 0.15) is 5.56 Å². The van der Waals surface area contributed by atoms with E-state index in [1.165, 1.54) is 0 Å². The highest BCUT2D eigenvalue weighted by Gasteiger charge is 2.21. The molecule has 5 nitrogen and oxygen atoms in total. The van der Waals surface area contributed by atoms with Gasteiger partial charge in [0, 0.05) is 25.2 Å². The molecule has 0 aliphatic carbocycles. The van der Waals surface area contributed by atoms with Crippen molar-refractivity contribution in [3.63, 3.8) is 0 Å². The van der Waals surface area contributed by atoms with Gasteiger partial charge in [0.2, 0.25) is 0 Å². The molecule has 1 heterocycles. The molecule has 17 heavy (non-hydrogen) atoms. The second-order valence-electron chi connectivity index (χ2n) is 3.91. The first-order chi connectivity index (χ1) is 8.27. The Morgan fingerprint density at radius 2 is 2.35 bits per heavy atom. The number of para-hydroxylation sites is 1. The summed E-state index contributed by atoms with van der Waals surface area (Å²) in [6.45, 7) is 2.18. The third-order valence-corrected chi connectivity index (χ3v) is 2.66. The molecule has 1 saturated heterocycles. The molecule has 0 spiro atoms. The Balaban J connectivity index is 1.85. The van der Waals surface area contributed by atoms with Crippen LogP contribution in [0, 0.1) is 0 Å². The highest BCUT2D eigenvalue weighted by atomic mass is 16.5. The number of phenolic OH excluding ortho intramolecular Hbond substituents is 1. The van der Waals surface area contributed by atoms with Crippen LogP contribution in [0.25, 0.3) is 0 Å². The first-order valence-corrected chi connectivity index (χ1v) is 5.64. The number of aromatic hydroxyl groups is 1. The van der Waals surface area contributed by atoms with Crippen molar-refractivity contribution in [2.45, 2.75) is 12.6 Å². The highest BCUT2D eigenvalue weighted by Crippen LogP contribution is 2.14. The molecular formula is C12H16N2O3. The smallest absolute Gasteiger partial charge is 0.250 e. The van der Waals surface area contributed by atoms with Crippen LogP contribution in [0.4, 0.5) is 0 Å². The number of ether oxygens (including phenoxy) is 1. The summed E-state index contributed by atoms with van der Waals surface area (Å²) in [4.78, 5) is 11.7. The van der Waals surface area contributed by atoms with E-state index >= 15 is 0 Å². The maximum absolute atomic E-state index is 11.7. The van der Waals surface area contributed by atoms with E-state index in [-0.39, 0.29) is 11.7 Å². The van der Waals surface area contributed by atoms with Crippen LogP contribution in [0.3, 0.4) is 0 Å². The molecule has 92 valence electrons. The molecule has 2 rings (SSSR count). The molecule has 3 N–H and O–H groups in total. The molecule has 0 aromatic heterocycles. The van der Waals surface area contributed by atoms with E-state index in [0.717, 1.165) is 6.54 Å². The van der Waals surface area contributed by atoms with Gasteiger partial charge in [-0.3, -0.25) is 4.79 Å². The number of phenols is 1. The van der Waals surface area contributed by atoms with Crippen LogP contribution in [0.15, 0.2) is 24.3 Å². The molecule has 1 aromatic carbocycles. The van der Waals surface area contributed by atoms with Crippen molar-refractivity contribution in [2.75, 3.05) is 19.7 Å². The standard InChI is InChI=1S/C12H16N2O3/c15-10-4-2-1-3-9(10)7-14-12(16)11-8-13-5-6-17-11/h1-4,11,13,15H,5-8H2,(H,14,16). The van der Waals surface area contributed by atoms with Crippen molar-refractivity contribution in [2.24, 2.45) is 0 Å². The van der Waals surface area contributed by atoms with Gasteiger partial charge in [-0.1, -0.05) is 18.2 Å². The lowest BCUT2D eigenvalue weighted by molar-refractivity contribution is -0.134. The lowest BCUT2D eigenvalue weighted by Crippen LogP contribution is -2.47. The van der Waals surface area contributed by atoms with Crippen molar-refractivity contribution >= 4 is 5.91 Å². The normalized spacial score (nSPS) is 19.9. The largest absolute Gasteiger partial charge is 0.508 e. The van der Waals surface area contributed by atoms with Crippen molar-refractivity contribution in [3.05, 3.63) is 29.8 Å². The Hall–Kier alpha value is -1.59. The van der Waals surface area contributed by atoms with Crippen LogP contribution in [-0.4, -0.2) is 36.8 Å². The number of carbonyl (C=O) groups excluding carboxylic acids is 1. The van der Waals surface area contributed by atoms with Gasteiger partial charge in [0.25, 0.3) is 5.91 Å². The predicted octanol–water partition coefficient (Wildman–Crippen LogP) is -0.00320. The quantitative estimate of drug-likeness (QED) is 0.690. The average Bonchev–Trinajstić information content (AvgIpc) is 2.38. The van der Waals surface area contributed by atoms with E-state index < -0.39 is 6.10 Å². The van der Waals surface area contributed by atoms with Crippen LogP contribution in [-0.2, 0) is 16.1 Å². The number of amides is 1. The number of carbonyl (C=O) groups is 1. The fraction of sp³-hybridized carbons (Fsp3) is 0.417. The first-order valence-electron chi connectivity index (χ1n) is 5.64. The highest BCUT2D eigenvalue weighted by molar-refractivity contribution is 5.81. The summed E-state index contributed by atoms with van der Waals surface area (Å²) in [7, 11) is 0. The minimum Gasteiger partial charge on any atom is -0.508 e. The molecule has 5 heteroatoms. The fourth-order valence-corrected chi connectivity index (χ4v) is 1.69. The summed E-state index contributed by atoms with van der Waals surface area (Å²) in [6, 6.07) is 6.93. The summed E-state index contributed by atoms with van der Waals surface area (Å²) >= 11 is 0. The molecule has 0 bridgehead atoms. The van der Waals surface area contributed by atoms with Crippen LogP contribution >= 0.6 is 0 Å². The number of rotatable bonds is 3. The summed E-state index contributed by atoms with van der Waals surface area (Å²) in [5, 5.41) is 15.4. The second-order valence-corrected chi connectivity index (χ2v) is 3.91. The molecule has 1 amide bonds. The van der Waals surface area contributed by atoms with Gasteiger partial charge >= 0.3 is 0 Å². The third-order valence-electron chi connectivity index (χ3n) is 2.66. The van der Waals surface area contributed by atoms with Crippen LogP contribution in [0.2, 0.25) is 0 Å². The summed E-state index contributed by atoms with van der Waals surface area (Å²) < 4.78 is 5.32. The zero-order chi connectivity index (χ0) is 12.1. The molecule has 1 aliphatic rings. The summed E-state index contributed by atoms with van der Waals surface area (Å²) in [6.07, 6.45) is -0.436.